The highest BCUT2D eigenvalue weighted by molar-refractivity contribution is 7.09. The molecule has 1 aliphatic rings. The van der Waals surface area contributed by atoms with Crippen LogP contribution in [0.15, 0.2) is 48.1 Å². The molecule has 1 atom stereocenters. The SMILES string of the molecule is c1ccc(-c2cnc3n2C[C@H](CNCc2nccs2)OC3)cc1. The third-order valence-electron chi connectivity index (χ3n) is 3.97. The van der Waals surface area contributed by atoms with E-state index in [0.29, 0.717) is 6.61 Å². The summed E-state index contributed by atoms with van der Waals surface area (Å²) < 4.78 is 8.18. The van der Waals surface area contributed by atoms with Crippen LogP contribution in [0.5, 0.6) is 0 Å². The van der Waals surface area contributed by atoms with E-state index in [4.69, 9.17) is 4.74 Å². The molecule has 4 rings (SSSR count). The molecular formula is C17H18N4OS. The normalized spacial score (nSPS) is 17.1. The summed E-state index contributed by atoms with van der Waals surface area (Å²) in [5.74, 6) is 1.00. The largest absolute Gasteiger partial charge is 0.367 e. The van der Waals surface area contributed by atoms with Crippen molar-refractivity contribution in [2.75, 3.05) is 6.54 Å². The van der Waals surface area contributed by atoms with Crippen molar-refractivity contribution >= 4 is 11.3 Å². The highest BCUT2D eigenvalue weighted by Gasteiger charge is 2.22. The van der Waals surface area contributed by atoms with Crippen LogP contribution in [0.2, 0.25) is 0 Å². The van der Waals surface area contributed by atoms with Gasteiger partial charge in [-0.15, -0.1) is 11.3 Å². The zero-order valence-electron chi connectivity index (χ0n) is 12.7. The molecule has 23 heavy (non-hydrogen) atoms. The number of benzene rings is 1. The van der Waals surface area contributed by atoms with Crippen LogP contribution in [0.25, 0.3) is 11.3 Å². The molecule has 6 heteroatoms. The molecule has 1 aromatic carbocycles. The van der Waals surface area contributed by atoms with Crippen LogP contribution in [0.3, 0.4) is 0 Å². The Labute approximate surface area is 139 Å². The molecule has 0 amide bonds. The lowest BCUT2D eigenvalue weighted by Gasteiger charge is -2.26. The maximum atomic E-state index is 5.91. The Morgan fingerprint density at radius 2 is 2.17 bits per heavy atom. The summed E-state index contributed by atoms with van der Waals surface area (Å²) in [5, 5.41) is 6.53. The van der Waals surface area contributed by atoms with E-state index in [1.165, 1.54) is 5.56 Å². The number of hydrogen-bond donors (Lipinski definition) is 1. The molecule has 1 aliphatic heterocycles. The first-order valence-corrected chi connectivity index (χ1v) is 8.58. The van der Waals surface area contributed by atoms with Crippen LogP contribution in [-0.2, 0) is 24.4 Å². The summed E-state index contributed by atoms with van der Waals surface area (Å²) in [7, 11) is 0. The molecule has 0 aliphatic carbocycles. The van der Waals surface area contributed by atoms with Crippen LogP contribution in [0.4, 0.5) is 0 Å². The van der Waals surface area contributed by atoms with Crippen LogP contribution in [0.1, 0.15) is 10.8 Å². The summed E-state index contributed by atoms with van der Waals surface area (Å²) in [6.45, 7) is 2.99. The van der Waals surface area contributed by atoms with Crippen molar-refractivity contribution in [3.63, 3.8) is 0 Å². The first kappa shape index (κ1) is 14.6. The molecule has 0 radical (unpaired) electrons. The zero-order valence-corrected chi connectivity index (χ0v) is 13.5. The van der Waals surface area contributed by atoms with Gasteiger partial charge >= 0.3 is 0 Å². The van der Waals surface area contributed by atoms with E-state index in [0.717, 1.165) is 36.2 Å². The fraction of sp³-hybridized carbons (Fsp3) is 0.294. The summed E-state index contributed by atoms with van der Waals surface area (Å²) >= 11 is 1.67. The number of imidazole rings is 1. The van der Waals surface area contributed by atoms with Crippen molar-refractivity contribution < 1.29 is 4.74 Å². The summed E-state index contributed by atoms with van der Waals surface area (Å²) in [6.07, 6.45) is 3.93. The van der Waals surface area contributed by atoms with Crippen LogP contribution < -0.4 is 5.32 Å². The Balaban J connectivity index is 1.43. The Morgan fingerprint density at radius 3 is 3.00 bits per heavy atom. The smallest absolute Gasteiger partial charge is 0.135 e. The third-order valence-corrected chi connectivity index (χ3v) is 4.75. The van der Waals surface area contributed by atoms with Gasteiger partial charge in [-0.2, -0.15) is 0 Å². The zero-order chi connectivity index (χ0) is 15.5. The van der Waals surface area contributed by atoms with Gasteiger partial charge in [-0.1, -0.05) is 30.3 Å². The molecule has 0 fully saturated rings. The number of fused-ring (bicyclic) bond motifs is 1. The van der Waals surface area contributed by atoms with Crippen LogP contribution in [0, 0.1) is 0 Å². The second kappa shape index (κ2) is 6.62. The van der Waals surface area contributed by atoms with Gasteiger partial charge in [0.05, 0.1) is 24.5 Å². The predicted octanol–water partition coefficient (Wildman–Crippen LogP) is 2.70. The Morgan fingerprint density at radius 1 is 1.26 bits per heavy atom. The van der Waals surface area contributed by atoms with Crippen molar-refractivity contribution in [3.05, 3.63) is 58.9 Å². The highest BCUT2D eigenvalue weighted by atomic mass is 32.1. The van der Waals surface area contributed by atoms with E-state index in [-0.39, 0.29) is 6.10 Å². The van der Waals surface area contributed by atoms with Gasteiger partial charge < -0.3 is 14.6 Å². The predicted molar refractivity (Wildman–Crippen MR) is 90.1 cm³/mol. The Bertz CT molecular complexity index is 754. The van der Waals surface area contributed by atoms with E-state index < -0.39 is 0 Å². The van der Waals surface area contributed by atoms with Gasteiger partial charge in [0.25, 0.3) is 0 Å². The Hall–Kier alpha value is -2.02. The molecule has 118 valence electrons. The molecule has 0 spiro atoms. The number of rotatable bonds is 5. The van der Waals surface area contributed by atoms with Gasteiger partial charge in [-0.05, 0) is 5.56 Å². The van der Waals surface area contributed by atoms with Crippen molar-refractivity contribution in [2.24, 2.45) is 0 Å². The molecule has 3 heterocycles. The van der Waals surface area contributed by atoms with Gasteiger partial charge in [0.1, 0.15) is 17.4 Å². The summed E-state index contributed by atoms with van der Waals surface area (Å²) in [5.41, 5.74) is 2.36. The highest BCUT2D eigenvalue weighted by Crippen LogP contribution is 2.24. The molecule has 3 aromatic rings. The number of nitrogens with one attached hydrogen (secondary N) is 1. The molecular weight excluding hydrogens is 308 g/mol. The maximum Gasteiger partial charge on any atom is 0.135 e. The summed E-state index contributed by atoms with van der Waals surface area (Å²) in [6, 6.07) is 10.4. The molecule has 0 saturated carbocycles. The van der Waals surface area contributed by atoms with Crippen molar-refractivity contribution in [1.29, 1.82) is 0 Å². The molecule has 0 bridgehead atoms. The average molecular weight is 326 g/mol. The molecule has 0 unspecified atom stereocenters. The van der Waals surface area contributed by atoms with E-state index in [2.05, 4.69) is 44.1 Å². The first-order chi connectivity index (χ1) is 11.4. The quantitative estimate of drug-likeness (QED) is 0.783. The Kier molecular flexibility index (Phi) is 4.19. The van der Waals surface area contributed by atoms with Crippen molar-refractivity contribution in [3.8, 4) is 11.3 Å². The van der Waals surface area contributed by atoms with Crippen molar-refractivity contribution in [1.82, 2.24) is 19.9 Å². The number of nitrogens with zero attached hydrogens (tertiary/aromatic N) is 3. The van der Waals surface area contributed by atoms with E-state index in [1.54, 1.807) is 11.3 Å². The molecule has 0 saturated heterocycles. The van der Waals surface area contributed by atoms with Gasteiger partial charge in [-0.25, -0.2) is 9.97 Å². The average Bonchev–Trinajstić information content (AvgIpc) is 3.25. The third kappa shape index (κ3) is 3.19. The van der Waals surface area contributed by atoms with Gasteiger partial charge in [-0.3, -0.25) is 0 Å². The molecule has 1 N–H and O–H groups in total. The van der Waals surface area contributed by atoms with E-state index in [9.17, 15) is 0 Å². The molecule has 5 nitrogen and oxygen atoms in total. The van der Waals surface area contributed by atoms with Gasteiger partial charge in [0.15, 0.2) is 0 Å². The van der Waals surface area contributed by atoms with Crippen LogP contribution >= 0.6 is 11.3 Å². The second-order valence-corrected chi connectivity index (χ2v) is 6.51. The van der Waals surface area contributed by atoms with E-state index in [1.807, 2.05) is 23.8 Å². The number of hydrogen-bond acceptors (Lipinski definition) is 5. The second-order valence-electron chi connectivity index (χ2n) is 5.53. The number of aromatic nitrogens is 3. The fourth-order valence-electron chi connectivity index (χ4n) is 2.82. The number of thiazole rings is 1. The minimum Gasteiger partial charge on any atom is -0.367 e. The van der Waals surface area contributed by atoms with Gasteiger partial charge in [0.2, 0.25) is 0 Å². The summed E-state index contributed by atoms with van der Waals surface area (Å²) in [4.78, 5) is 8.78. The van der Waals surface area contributed by atoms with E-state index >= 15 is 0 Å². The monoisotopic (exact) mass is 326 g/mol. The topological polar surface area (TPSA) is 52.0 Å². The first-order valence-electron chi connectivity index (χ1n) is 7.70. The number of ether oxygens (including phenoxy) is 1. The lowest BCUT2D eigenvalue weighted by atomic mass is 10.1. The van der Waals surface area contributed by atoms with Crippen LogP contribution in [-0.4, -0.2) is 27.2 Å². The van der Waals surface area contributed by atoms with Crippen molar-refractivity contribution in [2.45, 2.75) is 25.8 Å². The fourth-order valence-corrected chi connectivity index (χ4v) is 3.41. The van der Waals surface area contributed by atoms with Gasteiger partial charge in [0, 0.05) is 24.7 Å². The minimum absolute atomic E-state index is 0.152. The maximum absolute atomic E-state index is 5.91. The lowest BCUT2D eigenvalue weighted by Crippen LogP contribution is -2.36. The lowest BCUT2D eigenvalue weighted by molar-refractivity contribution is 0.00326. The minimum atomic E-state index is 0.152. The standard InChI is InChI=1S/C17H18N4OS/c1-2-4-13(5-3-1)15-9-20-16-12-22-14(11-21(15)16)8-18-10-17-19-6-7-23-17/h1-7,9,14,18H,8,10-12H2/t14-/m0/s1. The molecule has 2 aromatic heterocycles.